The number of hydrogen-bond donors (Lipinski definition) is 0. The lowest BCUT2D eigenvalue weighted by Gasteiger charge is -2.46. The van der Waals surface area contributed by atoms with Crippen LogP contribution in [0.15, 0.2) is 12.2 Å². The van der Waals surface area contributed by atoms with E-state index in [0.717, 1.165) is 18.4 Å². The minimum Gasteiger partial charge on any atom is -0.405 e. The van der Waals surface area contributed by atoms with Crippen LogP contribution < -0.4 is 0 Å². The smallest absolute Gasteiger partial charge is 0.193 e. The topological polar surface area (TPSA) is 26.3 Å². The molecule has 2 atom stereocenters. The van der Waals surface area contributed by atoms with Crippen molar-refractivity contribution in [3.63, 3.8) is 0 Å². The van der Waals surface area contributed by atoms with Crippen LogP contribution in [0.3, 0.4) is 0 Å². The Balaban J connectivity index is 2.84. The molecular weight excluding hydrogens is 252 g/mol. The van der Waals surface area contributed by atoms with Crippen molar-refractivity contribution in [3.8, 4) is 0 Å². The number of carbonyl (C=O) groups excluding carboxylic acids is 1. The number of Topliss-reactive ketones (excluding diaryl/α,β-unsaturated/α-hetero) is 1. The van der Waals surface area contributed by atoms with Gasteiger partial charge >= 0.3 is 0 Å². The van der Waals surface area contributed by atoms with Crippen molar-refractivity contribution in [2.45, 2.75) is 77.6 Å². The van der Waals surface area contributed by atoms with Crippen molar-refractivity contribution in [1.82, 2.24) is 0 Å². The Morgan fingerprint density at radius 3 is 2.32 bits per heavy atom. The Labute approximate surface area is 119 Å². The highest BCUT2D eigenvalue weighted by molar-refractivity contribution is 6.74. The third-order valence-corrected chi connectivity index (χ3v) is 9.55. The van der Waals surface area contributed by atoms with Gasteiger partial charge in [0.1, 0.15) is 5.60 Å². The molecule has 0 N–H and O–H groups in total. The minimum absolute atomic E-state index is 0.140. The van der Waals surface area contributed by atoms with Crippen LogP contribution in [0.4, 0.5) is 0 Å². The first-order valence-electron chi connectivity index (χ1n) is 7.28. The summed E-state index contributed by atoms with van der Waals surface area (Å²) < 4.78 is 6.43. The Kier molecular flexibility index (Phi) is 4.53. The molecule has 1 aliphatic carbocycles. The highest BCUT2D eigenvalue weighted by Crippen LogP contribution is 2.43. The quantitative estimate of drug-likeness (QED) is 0.553. The van der Waals surface area contributed by atoms with Crippen molar-refractivity contribution in [2.24, 2.45) is 5.92 Å². The van der Waals surface area contributed by atoms with E-state index in [4.69, 9.17) is 4.43 Å². The summed E-state index contributed by atoms with van der Waals surface area (Å²) in [6.07, 6.45) is 2.45. The van der Waals surface area contributed by atoms with Crippen LogP contribution in [-0.4, -0.2) is 19.7 Å². The van der Waals surface area contributed by atoms with Crippen LogP contribution >= 0.6 is 0 Å². The molecule has 0 bridgehead atoms. The Morgan fingerprint density at radius 1 is 1.42 bits per heavy atom. The van der Waals surface area contributed by atoms with Crippen molar-refractivity contribution >= 4 is 14.1 Å². The second-order valence-electron chi connectivity index (χ2n) is 7.80. The molecule has 0 aromatic heterocycles. The lowest BCUT2D eigenvalue weighted by atomic mass is 9.76. The van der Waals surface area contributed by atoms with E-state index in [1.54, 1.807) is 0 Å². The summed E-state index contributed by atoms with van der Waals surface area (Å²) in [5.41, 5.74) is 0.553. The van der Waals surface area contributed by atoms with Crippen LogP contribution in [0.2, 0.25) is 18.1 Å². The zero-order valence-electron chi connectivity index (χ0n) is 13.7. The fourth-order valence-corrected chi connectivity index (χ4v) is 4.02. The summed E-state index contributed by atoms with van der Waals surface area (Å²) in [6, 6.07) is 0. The lowest BCUT2D eigenvalue weighted by molar-refractivity contribution is -0.138. The van der Waals surface area contributed by atoms with Gasteiger partial charge in [-0.1, -0.05) is 32.9 Å². The van der Waals surface area contributed by atoms with Gasteiger partial charge in [0.25, 0.3) is 0 Å². The summed E-state index contributed by atoms with van der Waals surface area (Å²) in [5, 5.41) is 0.140. The third-order valence-electron chi connectivity index (χ3n) is 4.98. The average Bonchev–Trinajstić information content (AvgIpc) is 2.19. The molecule has 0 heterocycles. The molecule has 0 unspecified atom stereocenters. The van der Waals surface area contributed by atoms with Gasteiger partial charge in [0.05, 0.1) is 0 Å². The lowest BCUT2D eigenvalue weighted by Crippen LogP contribution is -2.54. The first kappa shape index (κ1) is 16.6. The van der Waals surface area contributed by atoms with Crippen LogP contribution in [0, 0.1) is 5.92 Å². The number of allylic oxidation sites excluding steroid dienone is 1. The average molecular weight is 282 g/mol. The van der Waals surface area contributed by atoms with E-state index in [2.05, 4.69) is 40.4 Å². The molecule has 0 aromatic carbocycles. The fraction of sp³-hybridized carbons (Fsp3) is 0.812. The molecule has 0 aliphatic heterocycles. The van der Waals surface area contributed by atoms with Gasteiger partial charge in [-0.3, -0.25) is 4.79 Å². The maximum absolute atomic E-state index is 12.5. The molecule has 1 fully saturated rings. The van der Waals surface area contributed by atoms with Gasteiger partial charge < -0.3 is 4.43 Å². The SMILES string of the molecule is C=C(C)[C@@H]1CC[C@](C)(O[Si](C)(C)C(C)(C)C)C(=O)C1. The predicted octanol–water partition coefficient (Wildman–Crippen LogP) is 4.71. The van der Waals surface area contributed by atoms with Crippen LogP contribution in [-0.2, 0) is 9.22 Å². The Hall–Kier alpha value is -0.413. The maximum Gasteiger partial charge on any atom is 0.193 e. The largest absolute Gasteiger partial charge is 0.405 e. The van der Waals surface area contributed by atoms with Crippen LogP contribution in [0.1, 0.15) is 53.9 Å². The molecule has 2 nitrogen and oxygen atoms in total. The number of rotatable bonds is 3. The van der Waals surface area contributed by atoms with E-state index in [0.29, 0.717) is 12.3 Å². The van der Waals surface area contributed by atoms with E-state index in [1.165, 1.54) is 0 Å². The molecule has 1 aliphatic rings. The predicted molar refractivity (Wildman–Crippen MR) is 83.8 cm³/mol. The summed E-state index contributed by atoms with van der Waals surface area (Å²) >= 11 is 0. The molecule has 0 amide bonds. The van der Waals surface area contributed by atoms with Crippen molar-refractivity contribution in [1.29, 1.82) is 0 Å². The van der Waals surface area contributed by atoms with Crippen molar-refractivity contribution in [3.05, 3.63) is 12.2 Å². The maximum atomic E-state index is 12.5. The van der Waals surface area contributed by atoms with Crippen molar-refractivity contribution < 1.29 is 9.22 Å². The number of carbonyl (C=O) groups is 1. The van der Waals surface area contributed by atoms with Gasteiger partial charge in [-0.25, -0.2) is 0 Å². The zero-order valence-corrected chi connectivity index (χ0v) is 14.7. The van der Waals surface area contributed by atoms with E-state index in [-0.39, 0.29) is 10.8 Å². The molecule has 1 saturated carbocycles. The van der Waals surface area contributed by atoms with Gasteiger partial charge in [0.15, 0.2) is 14.1 Å². The third kappa shape index (κ3) is 3.57. The molecule has 3 heteroatoms. The summed E-state index contributed by atoms with van der Waals surface area (Å²) in [4.78, 5) is 12.5. The highest BCUT2D eigenvalue weighted by Gasteiger charge is 2.47. The normalized spacial score (nSPS) is 29.4. The van der Waals surface area contributed by atoms with Crippen LogP contribution in [0.5, 0.6) is 0 Å². The summed E-state index contributed by atoms with van der Waals surface area (Å²) in [5.74, 6) is 0.611. The Bertz CT molecular complexity index is 379. The first-order chi connectivity index (χ1) is 8.39. The molecule has 0 radical (unpaired) electrons. The molecule has 0 spiro atoms. The molecular formula is C16H30O2Si. The standard InChI is InChI=1S/C16H30O2Si/c1-12(2)13-9-10-16(6,14(17)11-13)18-19(7,8)15(3,4)5/h13H,1,9-11H2,2-8H3/t13-,16+/m1/s1. The zero-order chi connectivity index (χ0) is 15.1. The molecule has 0 saturated heterocycles. The minimum atomic E-state index is -1.90. The monoisotopic (exact) mass is 282 g/mol. The Morgan fingerprint density at radius 2 is 1.95 bits per heavy atom. The van der Waals surface area contributed by atoms with Gasteiger partial charge in [0.2, 0.25) is 0 Å². The van der Waals surface area contributed by atoms with E-state index in [9.17, 15) is 4.79 Å². The molecule has 1 rings (SSSR count). The van der Waals surface area contributed by atoms with Gasteiger partial charge in [-0.05, 0) is 50.7 Å². The van der Waals surface area contributed by atoms with Crippen LogP contribution in [0.25, 0.3) is 0 Å². The second kappa shape index (κ2) is 5.17. The van der Waals surface area contributed by atoms with E-state index in [1.807, 2.05) is 13.8 Å². The first-order valence-corrected chi connectivity index (χ1v) is 10.2. The van der Waals surface area contributed by atoms with Gasteiger partial charge in [0, 0.05) is 6.42 Å². The van der Waals surface area contributed by atoms with Crippen molar-refractivity contribution in [2.75, 3.05) is 0 Å². The highest BCUT2D eigenvalue weighted by atomic mass is 28.4. The van der Waals surface area contributed by atoms with Gasteiger partial charge in [-0.2, -0.15) is 0 Å². The van der Waals surface area contributed by atoms with E-state index < -0.39 is 13.9 Å². The summed E-state index contributed by atoms with van der Waals surface area (Å²) in [7, 11) is -1.90. The molecule has 19 heavy (non-hydrogen) atoms. The number of hydrogen-bond acceptors (Lipinski definition) is 2. The fourth-order valence-electron chi connectivity index (χ4n) is 2.38. The second-order valence-corrected chi connectivity index (χ2v) is 12.5. The number of ketones is 1. The molecule has 0 aromatic rings. The molecule has 110 valence electrons. The van der Waals surface area contributed by atoms with Gasteiger partial charge in [-0.15, -0.1) is 0 Å². The summed E-state index contributed by atoms with van der Waals surface area (Å²) in [6.45, 7) is 19.1. The van der Waals surface area contributed by atoms with E-state index >= 15 is 0 Å².